The summed E-state index contributed by atoms with van der Waals surface area (Å²) in [6, 6.07) is 14.9. The molecule has 5 rings (SSSR count). The number of nitrogens with zero attached hydrogens (tertiary/aromatic N) is 3. The van der Waals surface area contributed by atoms with Crippen LogP contribution in [0.25, 0.3) is 11.4 Å². The summed E-state index contributed by atoms with van der Waals surface area (Å²) in [5.74, 6) is 1.34. The van der Waals surface area contributed by atoms with Crippen LogP contribution in [0.3, 0.4) is 0 Å². The Hall–Kier alpha value is -2.63. The number of ketones is 1. The van der Waals surface area contributed by atoms with Crippen molar-refractivity contribution in [3.8, 4) is 11.4 Å². The van der Waals surface area contributed by atoms with Gasteiger partial charge in [0, 0.05) is 23.3 Å². The molecule has 0 saturated heterocycles. The average Bonchev–Trinajstić information content (AvgIpc) is 3.12. The van der Waals surface area contributed by atoms with E-state index in [0.29, 0.717) is 28.2 Å². The first-order chi connectivity index (χ1) is 14.3. The number of Topliss-reactive ketones (excluding diaryl/α,β-unsaturated/α-hetero) is 1. The van der Waals surface area contributed by atoms with Gasteiger partial charge < -0.3 is 5.32 Å². The van der Waals surface area contributed by atoms with Crippen LogP contribution < -0.4 is 5.32 Å². The van der Waals surface area contributed by atoms with Gasteiger partial charge in [0.25, 0.3) is 0 Å². The Balaban J connectivity index is 1.70. The minimum atomic E-state index is -0.403. The standard InChI is InChI=1S/C23H20Cl2N4O/c1-23(2)11-17-19(18(30)12-23)20(14-8-9-15(24)16(25)10-14)29-22(26-17)27-21(28-29)13-6-4-3-5-7-13/h3-10,20H,11-12H2,1-2H3,(H,26,27,28)/t20-/m0/s1. The molecule has 0 bridgehead atoms. The van der Waals surface area contributed by atoms with Gasteiger partial charge in [-0.25, -0.2) is 4.68 Å². The van der Waals surface area contributed by atoms with E-state index in [-0.39, 0.29) is 11.2 Å². The minimum Gasteiger partial charge on any atom is -0.328 e. The predicted octanol–water partition coefficient (Wildman–Crippen LogP) is 5.91. The number of aromatic nitrogens is 3. The van der Waals surface area contributed by atoms with Crippen molar-refractivity contribution in [2.75, 3.05) is 5.32 Å². The van der Waals surface area contributed by atoms with Gasteiger partial charge in [0.2, 0.25) is 5.95 Å². The van der Waals surface area contributed by atoms with Gasteiger partial charge in [-0.1, -0.05) is 73.4 Å². The first kappa shape index (κ1) is 19.3. The summed E-state index contributed by atoms with van der Waals surface area (Å²) in [5, 5.41) is 9.09. The molecule has 0 amide bonds. The van der Waals surface area contributed by atoms with Gasteiger partial charge in [0.1, 0.15) is 6.04 Å². The number of rotatable bonds is 2. The number of carbonyl (C=O) groups is 1. The van der Waals surface area contributed by atoms with Crippen molar-refractivity contribution in [2.45, 2.75) is 32.7 Å². The Morgan fingerprint density at radius 3 is 2.57 bits per heavy atom. The molecule has 0 radical (unpaired) electrons. The van der Waals surface area contributed by atoms with E-state index in [1.165, 1.54) is 0 Å². The molecule has 5 nitrogen and oxygen atoms in total. The number of halogens is 2. The van der Waals surface area contributed by atoms with Crippen molar-refractivity contribution in [1.29, 1.82) is 0 Å². The Bertz CT molecular complexity index is 1200. The molecule has 0 spiro atoms. The second-order valence-electron chi connectivity index (χ2n) is 8.60. The van der Waals surface area contributed by atoms with Gasteiger partial charge in [-0.2, -0.15) is 4.98 Å². The van der Waals surface area contributed by atoms with Gasteiger partial charge in [0.05, 0.1) is 10.0 Å². The third-order valence-electron chi connectivity index (χ3n) is 5.62. The number of carbonyl (C=O) groups excluding carboxylic acids is 1. The van der Waals surface area contributed by atoms with Crippen molar-refractivity contribution >= 4 is 34.9 Å². The van der Waals surface area contributed by atoms with Crippen molar-refractivity contribution in [1.82, 2.24) is 14.8 Å². The fourth-order valence-corrected chi connectivity index (χ4v) is 4.62. The normalized spacial score (nSPS) is 19.9. The van der Waals surface area contributed by atoms with E-state index in [4.69, 9.17) is 33.3 Å². The van der Waals surface area contributed by atoms with E-state index in [1.54, 1.807) is 10.7 Å². The van der Waals surface area contributed by atoms with Crippen molar-refractivity contribution in [3.63, 3.8) is 0 Å². The lowest BCUT2D eigenvalue weighted by Crippen LogP contribution is -2.36. The van der Waals surface area contributed by atoms with E-state index in [1.807, 2.05) is 42.5 Å². The van der Waals surface area contributed by atoms with Crippen LogP contribution in [0.2, 0.25) is 10.0 Å². The number of allylic oxidation sites excluding steroid dienone is 2. The summed E-state index contributed by atoms with van der Waals surface area (Å²) >= 11 is 12.5. The maximum Gasteiger partial charge on any atom is 0.226 e. The highest BCUT2D eigenvalue weighted by atomic mass is 35.5. The summed E-state index contributed by atoms with van der Waals surface area (Å²) in [7, 11) is 0. The summed E-state index contributed by atoms with van der Waals surface area (Å²) in [6.07, 6.45) is 1.25. The number of fused-ring (bicyclic) bond motifs is 1. The molecule has 152 valence electrons. The number of nitrogens with one attached hydrogen (secondary N) is 1. The Kier molecular flexibility index (Phi) is 4.49. The molecule has 1 atom stereocenters. The average molecular weight is 439 g/mol. The number of hydrogen-bond donors (Lipinski definition) is 1. The number of anilines is 1. The van der Waals surface area contributed by atoms with E-state index in [9.17, 15) is 4.79 Å². The highest BCUT2D eigenvalue weighted by molar-refractivity contribution is 6.42. The highest BCUT2D eigenvalue weighted by Gasteiger charge is 2.42. The SMILES string of the molecule is CC1(C)CC(=O)C2=C(C1)Nc1nc(-c3ccccc3)nn1[C@H]2c1ccc(Cl)c(Cl)c1. The van der Waals surface area contributed by atoms with Crippen LogP contribution in [-0.4, -0.2) is 20.5 Å². The van der Waals surface area contributed by atoms with E-state index < -0.39 is 6.04 Å². The van der Waals surface area contributed by atoms with Gasteiger partial charge in [-0.3, -0.25) is 4.79 Å². The lowest BCUT2D eigenvalue weighted by molar-refractivity contribution is -0.118. The quantitative estimate of drug-likeness (QED) is 0.539. The largest absolute Gasteiger partial charge is 0.328 e. The van der Waals surface area contributed by atoms with Crippen molar-refractivity contribution in [3.05, 3.63) is 75.4 Å². The summed E-state index contributed by atoms with van der Waals surface area (Å²) < 4.78 is 1.79. The van der Waals surface area contributed by atoms with Crippen LogP contribution in [0, 0.1) is 5.41 Å². The molecule has 2 heterocycles. The second-order valence-corrected chi connectivity index (χ2v) is 9.42. The zero-order chi connectivity index (χ0) is 21.0. The fourth-order valence-electron chi connectivity index (χ4n) is 4.31. The molecule has 30 heavy (non-hydrogen) atoms. The Morgan fingerprint density at radius 1 is 1.07 bits per heavy atom. The summed E-state index contributed by atoms with van der Waals surface area (Å²) in [6.45, 7) is 4.22. The van der Waals surface area contributed by atoms with Gasteiger partial charge in [-0.15, -0.1) is 5.10 Å². The number of hydrogen-bond acceptors (Lipinski definition) is 4. The van der Waals surface area contributed by atoms with Gasteiger partial charge >= 0.3 is 0 Å². The molecule has 0 fully saturated rings. The maximum absolute atomic E-state index is 13.2. The van der Waals surface area contributed by atoms with E-state index >= 15 is 0 Å². The Labute approximate surface area is 184 Å². The monoisotopic (exact) mass is 438 g/mol. The Morgan fingerprint density at radius 2 is 1.83 bits per heavy atom. The van der Waals surface area contributed by atoms with Crippen LogP contribution in [0.4, 0.5) is 5.95 Å². The third-order valence-corrected chi connectivity index (χ3v) is 6.36. The smallest absolute Gasteiger partial charge is 0.226 e. The van der Waals surface area contributed by atoms with Crippen LogP contribution in [0.5, 0.6) is 0 Å². The fraction of sp³-hybridized carbons (Fsp3) is 0.261. The summed E-state index contributed by atoms with van der Waals surface area (Å²) in [4.78, 5) is 18.0. The molecule has 2 aromatic carbocycles. The first-order valence-corrected chi connectivity index (χ1v) is 10.6. The van der Waals surface area contributed by atoms with E-state index in [2.05, 4.69) is 19.2 Å². The third kappa shape index (κ3) is 3.22. The van der Waals surface area contributed by atoms with Crippen molar-refractivity contribution in [2.24, 2.45) is 5.41 Å². The topological polar surface area (TPSA) is 59.8 Å². The highest BCUT2D eigenvalue weighted by Crippen LogP contribution is 2.46. The lowest BCUT2D eigenvalue weighted by atomic mass is 9.73. The van der Waals surface area contributed by atoms with E-state index in [0.717, 1.165) is 28.8 Å². The second kappa shape index (κ2) is 6.96. The van der Waals surface area contributed by atoms with Gasteiger partial charge in [-0.05, 0) is 29.5 Å². The zero-order valence-corrected chi connectivity index (χ0v) is 18.1. The number of benzene rings is 2. The van der Waals surface area contributed by atoms with Crippen LogP contribution in [0.1, 0.15) is 38.3 Å². The molecule has 0 saturated carbocycles. The van der Waals surface area contributed by atoms with Crippen LogP contribution >= 0.6 is 23.2 Å². The molecule has 1 N–H and O–H groups in total. The van der Waals surface area contributed by atoms with Crippen LogP contribution in [-0.2, 0) is 4.79 Å². The molecular formula is C23H20Cl2N4O. The zero-order valence-electron chi connectivity index (χ0n) is 16.6. The molecule has 1 aliphatic carbocycles. The molecule has 7 heteroatoms. The van der Waals surface area contributed by atoms with Crippen molar-refractivity contribution < 1.29 is 4.79 Å². The van der Waals surface area contributed by atoms with Crippen LogP contribution in [0.15, 0.2) is 59.8 Å². The molecule has 1 aliphatic heterocycles. The maximum atomic E-state index is 13.2. The first-order valence-electron chi connectivity index (χ1n) is 9.82. The minimum absolute atomic E-state index is 0.116. The predicted molar refractivity (Wildman–Crippen MR) is 119 cm³/mol. The molecular weight excluding hydrogens is 419 g/mol. The van der Waals surface area contributed by atoms with Gasteiger partial charge in [0.15, 0.2) is 11.6 Å². The molecule has 2 aliphatic rings. The lowest BCUT2D eigenvalue weighted by Gasteiger charge is -2.38. The molecule has 3 aromatic rings. The molecule has 0 unspecified atom stereocenters. The molecule has 1 aromatic heterocycles. The summed E-state index contributed by atoms with van der Waals surface area (Å²) in [5.41, 5.74) is 3.29.